The summed E-state index contributed by atoms with van der Waals surface area (Å²) in [5.41, 5.74) is 6.22. The van der Waals surface area contributed by atoms with Crippen molar-refractivity contribution in [3.63, 3.8) is 0 Å². The molecule has 1 fully saturated rings. The van der Waals surface area contributed by atoms with Crippen molar-refractivity contribution < 1.29 is 9.59 Å². The quantitative estimate of drug-likeness (QED) is 0.288. The summed E-state index contributed by atoms with van der Waals surface area (Å²) in [5.74, 6) is -0.229. The van der Waals surface area contributed by atoms with E-state index >= 15 is 0 Å². The highest BCUT2D eigenvalue weighted by Crippen LogP contribution is 2.33. The molecule has 5 rings (SSSR count). The van der Waals surface area contributed by atoms with Crippen LogP contribution in [0.2, 0.25) is 0 Å². The summed E-state index contributed by atoms with van der Waals surface area (Å²) in [4.78, 5) is 27.3. The fraction of sp³-hybridized carbons (Fsp3) is 0.300. The summed E-state index contributed by atoms with van der Waals surface area (Å²) in [6.45, 7) is 4.76. The first kappa shape index (κ1) is 25.9. The highest BCUT2D eigenvalue weighted by Gasteiger charge is 2.21. The van der Waals surface area contributed by atoms with Gasteiger partial charge in [0.1, 0.15) is 0 Å². The lowest BCUT2D eigenvalue weighted by molar-refractivity contribution is -0.118. The maximum Gasteiger partial charge on any atom is 0.252 e. The zero-order chi connectivity index (χ0) is 26.6. The Hall–Kier alpha value is -3.75. The van der Waals surface area contributed by atoms with Crippen LogP contribution >= 0.6 is 11.3 Å². The smallest absolute Gasteiger partial charge is 0.252 e. The highest BCUT2D eigenvalue weighted by atomic mass is 32.1. The molecule has 2 amide bonds. The van der Waals surface area contributed by atoms with Crippen LogP contribution < -0.4 is 16.0 Å². The van der Waals surface area contributed by atoms with Gasteiger partial charge < -0.3 is 16.0 Å². The van der Waals surface area contributed by atoms with Gasteiger partial charge in [0.15, 0.2) is 0 Å². The maximum absolute atomic E-state index is 13.4. The first-order valence-electron chi connectivity index (χ1n) is 13.0. The summed E-state index contributed by atoms with van der Waals surface area (Å²) in [7, 11) is 1.90. The van der Waals surface area contributed by atoms with E-state index in [0.717, 1.165) is 53.6 Å². The number of carbonyl (C=O) groups excluding carboxylic acids is 2. The second-order valence-electron chi connectivity index (χ2n) is 9.94. The SMILES string of the molecule is Cc1ccc(NC(=O)[C@H]2CCCCN2)cc1C(=O)NC(C)c1cc(-c2cnn(C)c2)cc(-c2cccs2)c1. The van der Waals surface area contributed by atoms with Crippen LogP contribution in [-0.2, 0) is 11.8 Å². The van der Waals surface area contributed by atoms with Gasteiger partial charge in [-0.3, -0.25) is 14.3 Å². The first-order valence-corrected chi connectivity index (χ1v) is 13.9. The minimum absolute atomic E-state index is 0.0541. The predicted octanol–water partition coefficient (Wildman–Crippen LogP) is 5.70. The molecule has 1 unspecified atom stereocenters. The molecule has 0 saturated carbocycles. The Morgan fingerprint density at radius 2 is 1.95 bits per heavy atom. The van der Waals surface area contributed by atoms with Gasteiger partial charge >= 0.3 is 0 Å². The van der Waals surface area contributed by atoms with E-state index in [9.17, 15) is 9.59 Å². The number of nitrogens with zero attached hydrogens (tertiary/aromatic N) is 2. The standard InChI is InChI=1S/C30H33N5O2S/c1-19-9-10-25(34-30(37)27-7-4-5-11-31-27)16-26(19)29(36)33-20(2)21-13-22(24-17-32-35(3)18-24)15-23(14-21)28-8-6-12-38-28/h6,8-10,12-18,20,27,31H,4-5,7,11H2,1-3H3,(H,33,36)(H,34,37)/t20?,27-/m1/s1. The van der Waals surface area contributed by atoms with Gasteiger partial charge in [-0.25, -0.2) is 0 Å². The minimum atomic E-state index is -0.234. The second-order valence-corrected chi connectivity index (χ2v) is 10.9. The van der Waals surface area contributed by atoms with E-state index in [1.807, 2.05) is 51.5 Å². The third-order valence-corrected chi connectivity index (χ3v) is 7.94. The average molecular weight is 528 g/mol. The first-order chi connectivity index (χ1) is 18.4. The molecule has 3 heterocycles. The Morgan fingerprint density at radius 3 is 2.66 bits per heavy atom. The van der Waals surface area contributed by atoms with E-state index in [1.165, 1.54) is 4.88 Å². The predicted molar refractivity (Wildman–Crippen MR) is 153 cm³/mol. The number of benzene rings is 2. The molecule has 2 aromatic carbocycles. The number of carbonyl (C=O) groups is 2. The number of aryl methyl sites for hydroxylation is 2. The van der Waals surface area contributed by atoms with Crippen molar-refractivity contribution in [1.29, 1.82) is 0 Å². The van der Waals surface area contributed by atoms with Crippen LogP contribution in [-0.4, -0.2) is 34.2 Å². The van der Waals surface area contributed by atoms with Crippen LogP contribution in [0.15, 0.2) is 66.3 Å². The molecular weight excluding hydrogens is 494 g/mol. The van der Waals surface area contributed by atoms with Crippen LogP contribution in [0.25, 0.3) is 21.6 Å². The van der Waals surface area contributed by atoms with Gasteiger partial charge in [0.2, 0.25) is 5.91 Å². The van der Waals surface area contributed by atoms with Gasteiger partial charge in [0, 0.05) is 34.9 Å². The molecule has 0 radical (unpaired) electrons. The van der Waals surface area contributed by atoms with E-state index in [-0.39, 0.29) is 23.9 Å². The normalized spacial score (nSPS) is 16.1. The third kappa shape index (κ3) is 5.87. The fourth-order valence-corrected chi connectivity index (χ4v) is 5.55. The summed E-state index contributed by atoms with van der Waals surface area (Å²) in [6.07, 6.45) is 6.81. The lowest BCUT2D eigenvalue weighted by Gasteiger charge is -2.23. The van der Waals surface area contributed by atoms with Crippen molar-refractivity contribution in [3.8, 4) is 21.6 Å². The molecule has 38 heavy (non-hydrogen) atoms. The molecule has 0 spiro atoms. The van der Waals surface area contributed by atoms with Crippen LogP contribution in [0.1, 0.15) is 53.7 Å². The van der Waals surface area contributed by atoms with Gasteiger partial charge in [0.25, 0.3) is 5.91 Å². The molecule has 1 saturated heterocycles. The molecule has 1 aliphatic rings. The van der Waals surface area contributed by atoms with Gasteiger partial charge in [-0.05, 0) is 97.3 Å². The largest absolute Gasteiger partial charge is 0.346 e. The summed E-state index contributed by atoms with van der Waals surface area (Å²) >= 11 is 1.69. The minimum Gasteiger partial charge on any atom is -0.346 e. The summed E-state index contributed by atoms with van der Waals surface area (Å²) in [6, 6.07) is 15.6. The number of hydrogen-bond donors (Lipinski definition) is 3. The monoisotopic (exact) mass is 527 g/mol. The number of rotatable bonds is 7. The zero-order valence-corrected chi connectivity index (χ0v) is 22.8. The number of thiophene rings is 1. The van der Waals surface area contributed by atoms with Crippen molar-refractivity contribution in [2.75, 3.05) is 11.9 Å². The van der Waals surface area contributed by atoms with Gasteiger partial charge in [-0.15, -0.1) is 11.3 Å². The van der Waals surface area contributed by atoms with Crippen molar-refractivity contribution in [2.24, 2.45) is 7.05 Å². The Labute approximate surface area is 227 Å². The molecule has 0 aliphatic carbocycles. The summed E-state index contributed by atoms with van der Waals surface area (Å²) in [5, 5.41) is 15.8. The number of amides is 2. The molecule has 3 N–H and O–H groups in total. The number of aromatic nitrogens is 2. The second kappa shape index (κ2) is 11.3. The van der Waals surface area contributed by atoms with Crippen LogP contribution in [0.5, 0.6) is 0 Å². The van der Waals surface area contributed by atoms with E-state index in [2.05, 4.69) is 50.7 Å². The molecule has 0 bridgehead atoms. The van der Waals surface area contributed by atoms with Crippen molar-refractivity contribution in [1.82, 2.24) is 20.4 Å². The van der Waals surface area contributed by atoms with E-state index < -0.39 is 0 Å². The van der Waals surface area contributed by atoms with Crippen molar-refractivity contribution in [2.45, 2.75) is 45.2 Å². The topological polar surface area (TPSA) is 88.1 Å². The van der Waals surface area contributed by atoms with E-state index in [4.69, 9.17) is 0 Å². The summed E-state index contributed by atoms with van der Waals surface area (Å²) < 4.78 is 1.79. The Kier molecular flexibility index (Phi) is 7.72. The molecule has 4 aromatic rings. The Morgan fingerprint density at radius 1 is 1.11 bits per heavy atom. The molecule has 1 aliphatic heterocycles. The maximum atomic E-state index is 13.4. The molecular formula is C30H33N5O2S. The molecule has 2 atom stereocenters. The van der Waals surface area contributed by atoms with Crippen molar-refractivity contribution >= 4 is 28.8 Å². The Bertz CT molecular complexity index is 1440. The average Bonchev–Trinajstić information content (AvgIpc) is 3.62. The molecule has 196 valence electrons. The number of piperidine rings is 1. The zero-order valence-electron chi connectivity index (χ0n) is 22.0. The lowest BCUT2D eigenvalue weighted by atomic mass is 9.97. The third-order valence-electron chi connectivity index (χ3n) is 7.02. The number of anilines is 1. The van der Waals surface area contributed by atoms with Crippen molar-refractivity contribution in [3.05, 3.63) is 83.0 Å². The van der Waals surface area contributed by atoms with Gasteiger partial charge in [-0.1, -0.05) is 18.6 Å². The fourth-order valence-electron chi connectivity index (χ4n) is 4.83. The lowest BCUT2D eigenvalue weighted by Crippen LogP contribution is -2.43. The molecule has 7 nitrogen and oxygen atoms in total. The van der Waals surface area contributed by atoms with Gasteiger partial charge in [-0.2, -0.15) is 5.10 Å². The highest BCUT2D eigenvalue weighted by molar-refractivity contribution is 7.13. The molecule has 8 heteroatoms. The van der Waals surface area contributed by atoms with Crippen LogP contribution in [0, 0.1) is 6.92 Å². The molecule has 2 aromatic heterocycles. The number of hydrogen-bond acceptors (Lipinski definition) is 5. The van der Waals surface area contributed by atoms with Gasteiger partial charge in [0.05, 0.1) is 18.3 Å². The number of nitrogens with one attached hydrogen (secondary N) is 3. The Balaban J connectivity index is 1.37. The van der Waals surface area contributed by atoms with E-state index in [0.29, 0.717) is 11.3 Å². The van der Waals surface area contributed by atoms with E-state index in [1.54, 1.807) is 22.1 Å². The van der Waals surface area contributed by atoms with Crippen LogP contribution in [0.3, 0.4) is 0 Å². The van der Waals surface area contributed by atoms with Crippen LogP contribution in [0.4, 0.5) is 5.69 Å².